The van der Waals surface area contributed by atoms with Crippen LogP contribution >= 0.6 is 0 Å². The number of anilines is 1. The Bertz CT molecular complexity index is 360. The number of aliphatic hydroxyl groups excluding tert-OH is 1. The van der Waals surface area contributed by atoms with Gasteiger partial charge in [-0.2, -0.15) is 0 Å². The lowest BCUT2D eigenvalue weighted by Crippen LogP contribution is -2.39. The minimum Gasteiger partial charge on any atom is -0.391 e. The van der Waals surface area contributed by atoms with Gasteiger partial charge in [0.15, 0.2) is 0 Å². The van der Waals surface area contributed by atoms with Crippen molar-refractivity contribution in [3.63, 3.8) is 0 Å². The van der Waals surface area contributed by atoms with Crippen molar-refractivity contribution < 1.29 is 5.11 Å². The van der Waals surface area contributed by atoms with Gasteiger partial charge in [-0.3, -0.25) is 0 Å². The number of aryl methyl sites for hydroxylation is 1. The summed E-state index contributed by atoms with van der Waals surface area (Å²) in [5.41, 5.74) is 3.98. The van der Waals surface area contributed by atoms with Crippen LogP contribution in [0, 0.1) is 6.92 Å². The molecule has 0 fully saturated rings. The van der Waals surface area contributed by atoms with E-state index in [4.69, 9.17) is 0 Å². The largest absolute Gasteiger partial charge is 0.391 e. The normalized spacial score (nSPS) is 21.6. The molecule has 0 bridgehead atoms. The average Bonchev–Trinajstić information content (AvgIpc) is 2.55. The van der Waals surface area contributed by atoms with Crippen LogP contribution in [-0.2, 0) is 6.42 Å². The summed E-state index contributed by atoms with van der Waals surface area (Å²) in [5, 5.41) is 9.75. The predicted molar refractivity (Wildman–Crippen MR) is 63.4 cm³/mol. The van der Waals surface area contributed by atoms with Crippen molar-refractivity contribution in [1.29, 1.82) is 0 Å². The number of hydrogen-bond donors (Lipinski definition) is 1. The van der Waals surface area contributed by atoms with Crippen molar-refractivity contribution in [1.82, 2.24) is 0 Å². The second-order valence-corrected chi connectivity index (χ2v) is 4.43. The Hall–Kier alpha value is -1.02. The zero-order chi connectivity index (χ0) is 11.0. The monoisotopic (exact) mass is 205 g/mol. The Morgan fingerprint density at radius 1 is 1.53 bits per heavy atom. The van der Waals surface area contributed by atoms with Gasteiger partial charge in [0.1, 0.15) is 0 Å². The highest BCUT2D eigenvalue weighted by molar-refractivity contribution is 5.60. The van der Waals surface area contributed by atoms with Crippen LogP contribution in [0.4, 0.5) is 5.69 Å². The Labute approximate surface area is 91.5 Å². The van der Waals surface area contributed by atoms with E-state index >= 15 is 0 Å². The lowest BCUT2D eigenvalue weighted by Gasteiger charge is -2.28. The highest BCUT2D eigenvalue weighted by Crippen LogP contribution is 2.33. The molecule has 2 unspecified atom stereocenters. The summed E-state index contributed by atoms with van der Waals surface area (Å²) in [6, 6.07) is 6.81. The second-order valence-electron chi connectivity index (χ2n) is 4.43. The molecule has 0 radical (unpaired) electrons. The topological polar surface area (TPSA) is 23.5 Å². The molecule has 82 valence electrons. The molecule has 0 aliphatic carbocycles. The molecule has 2 heteroatoms. The molecule has 1 aromatic carbocycles. The number of likely N-dealkylation sites (N-methyl/N-ethyl adjacent to an activating group) is 1. The molecule has 0 spiro atoms. The molecule has 1 aliphatic rings. The first-order valence-corrected chi connectivity index (χ1v) is 5.67. The Kier molecular flexibility index (Phi) is 2.70. The number of fused-ring (bicyclic) bond motifs is 1. The summed E-state index contributed by atoms with van der Waals surface area (Å²) in [6.45, 7) is 7.11. The van der Waals surface area contributed by atoms with E-state index in [-0.39, 0.29) is 12.1 Å². The van der Waals surface area contributed by atoms with E-state index in [1.165, 1.54) is 16.8 Å². The minimum atomic E-state index is -0.266. The Morgan fingerprint density at radius 2 is 2.27 bits per heavy atom. The first-order chi connectivity index (χ1) is 7.13. The molecule has 0 aromatic heterocycles. The number of benzene rings is 1. The SMILES string of the molecule is CCN1c2ccc(C)cc2CC1C(C)O. The van der Waals surface area contributed by atoms with Gasteiger partial charge in [-0.15, -0.1) is 0 Å². The van der Waals surface area contributed by atoms with E-state index in [0.717, 1.165) is 13.0 Å². The van der Waals surface area contributed by atoms with Gasteiger partial charge in [-0.05, 0) is 38.8 Å². The number of hydrogen-bond acceptors (Lipinski definition) is 2. The van der Waals surface area contributed by atoms with Crippen molar-refractivity contribution in [2.24, 2.45) is 0 Å². The fourth-order valence-corrected chi connectivity index (χ4v) is 2.51. The minimum absolute atomic E-state index is 0.256. The van der Waals surface area contributed by atoms with Gasteiger partial charge >= 0.3 is 0 Å². The van der Waals surface area contributed by atoms with Crippen LogP contribution < -0.4 is 4.90 Å². The van der Waals surface area contributed by atoms with Gasteiger partial charge < -0.3 is 10.0 Å². The van der Waals surface area contributed by atoms with E-state index in [0.29, 0.717) is 0 Å². The van der Waals surface area contributed by atoms with Crippen LogP contribution in [0.15, 0.2) is 18.2 Å². The molecule has 15 heavy (non-hydrogen) atoms. The first kappa shape index (κ1) is 10.5. The van der Waals surface area contributed by atoms with Crippen LogP contribution in [0.1, 0.15) is 25.0 Å². The summed E-state index contributed by atoms with van der Waals surface area (Å²) >= 11 is 0. The fraction of sp³-hybridized carbons (Fsp3) is 0.538. The Balaban J connectivity index is 2.37. The predicted octanol–water partition coefficient (Wildman–Crippen LogP) is 2.13. The second kappa shape index (κ2) is 3.86. The molecule has 0 amide bonds. The standard InChI is InChI=1S/C13H19NO/c1-4-14-12-6-5-9(2)7-11(12)8-13(14)10(3)15/h5-7,10,13,15H,4,8H2,1-3H3. The van der Waals surface area contributed by atoms with Crippen LogP contribution in [0.2, 0.25) is 0 Å². The van der Waals surface area contributed by atoms with Crippen molar-refractivity contribution >= 4 is 5.69 Å². The summed E-state index contributed by atoms with van der Waals surface area (Å²) in [4.78, 5) is 2.31. The maximum atomic E-state index is 9.75. The van der Waals surface area contributed by atoms with Gasteiger partial charge in [0, 0.05) is 12.2 Å². The van der Waals surface area contributed by atoms with Crippen LogP contribution in [0.25, 0.3) is 0 Å². The summed E-state index contributed by atoms with van der Waals surface area (Å²) < 4.78 is 0. The van der Waals surface area contributed by atoms with E-state index in [2.05, 4.69) is 36.9 Å². The lowest BCUT2D eigenvalue weighted by molar-refractivity contribution is 0.162. The van der Waals surface area contributed by atoms with E-state index in [1.807, 2.05) is 6.92 Å². The molecular weight excluding hydrogens is 186 g/mol. The number of aliphatic hydroxyl groups is 1. The summed E-state index contributed by atoms with van der Waals surface area (Å²) in [6.07, 6.45) is 0.709. The molecular formula is C13H19NO. The smallest absolute Gasteiger partial charge is 0.0718 e. The maximum absolute atomic E-state index is 9.75. The van der Waals surface area contributed by atoms with Crippen molar-refractivity contribution in [2.45, 2.75) is 39.3 Å². The summed E-state index contributed by atoms with van der Waals surface area (Å²) in [5.74, 6) is 0. The fourth-order valence-electron chi connectivity index (χ4n) is 2.51. The van der Waals surface area contributed by atoms with Gasteiger partial charge in [0.2, 0.25) is 0 Å². The highest BCUT2D eigenvalue weighted by atomic mass is 16.3. The zero-order valence-electron chi connectivity index (χ0n) is 9.70. The Morgan fingerprint density at radius 3 is 2.87 bits per heavy atom. The van der Waals surface area contributed by atoms with Gasteiger partial charge in [-0.1, -0.05) is 17.7 Å². The molecule has 2 atom stereocenters. The van der Waals surface area contributed by atoms with Crippen LogP contribution in [0.5, 0.6) is 0 Å². The molecule has 2 rings (SSSR count). The summed E-state index contributed by atoms with van der Waals surface area (Å²) in [7, 11) is 0. The molecule has 1 aromatic rings. The van der Waals surface area contributed by atoms with E-state index < -0.39 is 0 Å². The molecule has 1 N–H and O–H groups in total. The van der Waals surface area contributed by atoms with Gasteiger partial charge in [-0.25, -0.2) is 0 Å². The average molecular weight is 205 g/mol. The third kappa shape index (κ3) is 1.74. The maximum Gasteiger partial charge on any atom is 0.0718 e. The van der Waals surface area contributed by atoms with Crippen molar-refractivity contribution in [3.8, 4) is 0 Å². The third-order valence-corrected chi connectivity index (χ3v) is 3.27. The van der Waals surface area contributed by atoms with Gasteiger partial charge in [0.25, 0.3) is 0 Å². The van der Waals surface area contributed by atoms with E-state index in [1.54, 1.807) is 0 Å². The molecule has 0 saturated carbocycles. The van der Waals surface area contributed by atoms with Crippen LogP contribution in [0.3, 0.4) is 0 Å². The van der Waals surface area contributed by atoms with Crippen molar-refractivity contribution in [3.05, 3.63) is 29.3 Å². The zero-order valence-corrected chi connectivity index (χ0v) is 9.70. The van der Waals surface area contributed by atoms with Crippen LogP contribution in [-0.4, -0.2) is 23.8 Å². The molecule has 0 saturated heterocycles. The van der Waals surface area contributed by atoms with E-state index in [9.17, 15) is 5.11 Å². The van der Waals surface area contributed by atoms with Crippen molar-refractivity contribution in [2.75, 3.05) is 11.4 Å². The third-order valence-electron chi connectivity index (χ3n) is 3.27. The highest BCUT2D eigenvalue weighted by Gasteiger charge is 2.30. The van der Waals surface area contributed by atoms with Gasteiger partial charge in [0.05, 0.1) is 12.1 Å². The first-order valence-electron chi connectivity index (χ1n) is 5.67. The quantitative estimate of drug-likeness (QED) is 0.799. The molecule has 2 nitrogen and oxygen atoms in total. The number of nitrogens with zero attached hydrogens (tertiary/aromatic N) is 1. The molecule has 1 heterocycles. The lowest BCUT2D eigenvalue weighted by atomic mass is 10.1. The molecule has 1 aliphatic heterocycles. The number of rotatable bonds is 2.